The molecular formula is C35H50O9Si2. The first-order chi connectivity index (χ1) is 21.9. The molecule has 2 fully saturated rings. The Morgan fingerprint density at radius 3 is 1.72 bits per heavy atom. The Morgan fingerprint density at radius 2 is 1.26 bits per heavy atom. The second kappa shape index (κ2) is 15.5. The number of carbonyl (C=O) groups is 2. The number of ether oxygens (including phenoxy) is 4. The van der Waals surface area contributed by atoms with Gasteiger partial charge in [-0.3, -0.25) is 0 Å². The van der Waals surface area contributed by atoms with E-state index < -0.39 is 59.8 Å². The Kier molecular flexibility index (Phi) is 12.2. The number of carbonyl (C=O) groups excluding carboxylic acids is 2. The van der Waals surface area contributed by atoms with Gasteiger partial charge in [0.2, 0.25) is 0 Å². The predicted molar refractivity (Wildman–Crippen MR) is 180 cm³/mol. The van der Waals surface area contributed by atoms with Crippen LogP contribution in [0, 0.1) is 0 Å². The molecule has 2 aromatic carbocycles. The number of hydrogen-bond acceptors (Lipinski definition) is 9. The van der Waals surface area contributed by atoms with E-state index in [1.807, 2.05) is 12.1 Å². The minimum atomic E-state index is -3.17. The summed E-state index contributed by atoms with van der Waals surface area (Å²) in [6.07, 6.45) is -3.40. The highest BCUT2D eigenvalue weighted by Crippen LogP contribution is 2.48. The molecular weight excluding hydrogens is 621 g/mol. The van der Waals surface area contributed by atoms with Crippen LogP contribution in [0.2, 0.25) is 22.2 Å². The Balaban J connectivity index is 1.86. The molecule has 2 aliphatic rings. The fourth-order valence-electron chi connectivity index (χ4n) is 6.38. The lowest BCUT2D eigenvalue weighted by Crippen LogP contribution is -2.71. The van der Waals surface area contributed by atoms with E-state index >= 15 is 0 Å². The molecule has 11 heteroatoms. The van der Waals surface area contributed by atoms with Crippen LogP contribution >= 0.6 is 0 Å². The van der Waals surface area contributed by atoms with E-state index in [1.54, 1.807) is 54.6 Å². The minimum absolute atomic E-state index is 0.00441. The van der Waals surface area contributed by atoms with Gasteiger partial charge in [-0.1, -0.05) is 97.9 Å². The third-order valence-electron chi connectivity index (χ3n) is 8.81. The minimum Gasteiger partial charge on any atom is -0.452 e. The van der Waals surface area contributed by atoms with Crippen molar-refractivity contribution in [1.29, 1.82) is 0 Å². The average Bonchev–Trinajstić information content (AvgIpc) is 3.02. The summed E-state index contributed by atoms with van der Waals surface area (Å²) in [5, 5.41) is 0. The molecule has 5 atom stereocenters. The molecule has 46 heavy (non-hydrogen) atoms. The molecule has 2 aromatic rings. The van der Waals surface area contributed by atoms with Crippen molar-refractivity contribution in [2.24, 2.45) is 0 Å². The third-order valence-corrected chi connectivity index (χ3v) is 19.1. The maximum Gasteiger partial charge on any atom is 0.338 e. The van der Waals surface area contributed by atoms with Crippen molar-refractivity contribution in [3.63, 3.8) is 0 Å². The zero-order chi connectivity index (χ0) is 33.6. The van der Waals surface area contributed by atoms with Crippen LogP contribution in [0.1, 0.15) is 76.1 Å². The van der Waals surface area contributed by atoms with Gasteiger partial charge in [-0.2, -0.15) is 0 Å². The topological polar surface area (TPSA) is 98.8 Å². The van der Waals surface area contributed by atoms with Gasteiger partial charge in [-0.25, -0.2) is 9.59 Å². The first-order valence-corrected chi connectivity index (χ1v) is 20.2. The highest BCUT2D eigenvalue weighted by Gasteiger charge is 2.63. The van der Waals surface area contributed by atoms with Crippen molar-refractivity contribution in [3.8, 4) is 0 Å². The third kappa shape index (κ3) is 7.56. The molecule has 0 radical (unpaired) electrons. The molecule has 0 spiro atoms. The average molecular weight is 671 g/mol. The number of fused-ring (bicyclic) bond motifs is 1. The Hall–Kier alpha value is -2.65. The van der Waals surface area contributed by atoms with Crippen molar-refractivity contribution >= 4 is 29.1 Å². The van der Waals surface area contributed by atoms with Crippen LogP contribution in [0.4, 0.5) is 0 Å². The zero-order valence-electron chi connectivity index (χ0n) is 28.3. The molecule has 0 amide bonds. The Morgan fingerprint density at radius 1 is 0.783 bits per heavy atom. The molecule has 0 saturated carbocycles. The van der Waals surface area contributed by atoms with Crippen LogP contribution < -0.4 is 0 Å². The lowest BCUT2D eigenvalue weighted by Gasteiger charge is -2.55. The molecule has 0 bridgehead atoms. The molecule has 4 rings (SSSR count). The van der Waals surface area contributed by atoms with Crippen LogP contribution in [0.3, 0.4) is 0 Å². The van der Waals surface area contributed by atoms with Crippen LogP contribution in [-0.2, 0) is 31.9 Å². The summed E-state index contributed by atoms with van der Waals surface area (Å²) in [6.45, 7) is 21.0. The largest absolute Gasteiger partial charge is 0.452 e. The van der Waals surface area contributed by atoms with E-state index in [-0.39, 0.29) is 35.4 Å². The van der Waals surface area contributed by atoms with Gasteiger partial charge in [0.15, 0.2) is 18.5 Å². The standard InChI is InChI=1S/C35H50O9Si2/c1-10-21-38-35-32(42-34(37)28-19-15-12-16-20-28)31(41-33(36)27-17-13-11-14-18-27)30-29(40-35)22-39-45(23(2)3,24(4)5)44-46(43-30,25(6)7)26(8)9/h10-20,23-26,29-32,35H,1,21-22H2,2-9H3/t29-,30-,31+,32-,35+/m1/s1. The van der Waals surface area contributed by atoms with Gasteiger partial charge in [-0.15, -0.1) is 6.58 Å². The van der Waals surface area contributed by atoms with Gasteiger partial charge in [0, 0.05) is 0 Å². The van der Waals surface area contributed by atoms with Crippen molar-refractivity contribution in [2.45, 2.75) is 108 Å². The first kappa shape index (κ1) is 36.2. The highest BCUT2D eigenvalue weighted by molar-refractivity contribution is 6.84. The van der Waals surface area contributed by atoms with Crippen molar-refractivity contribution < 1.29 is 41.5 Å². The number of rotatable bonds is 11. The maximum absolute atomic E-state index is 13.7. The number of benzene rings is 2. The summed E-state index contributed by atoms with van der Waals surface area (Å²) in [4.78, 5) is 27.2. The molecule has 0 aromatic heterocycles. The normalized spacial score (nSPS) is 25.9. The summed E-state index contributed by atoms with van der Waals surface area (Å²) in [7, 11) is -6.07. The smallest absolute Gasteiger partial charge is 0.338 e. The second-order valence-corrected chi connectivity index (χ2v) is 22.0. The predicted octanol–water partition coefficient (Wildman–Crippen LogP) is 7.32. The van der Waals surface area contributed by atoms with E-state index in [1.165, 1.54) is 0 Å². The van der Waals surface area contributed by atoms with Gasteiger partial charge in [0.05, 0.1) is 24.3 Å². The molecule has 0 aliphatic carbocycles. The monoisotopic (exact) mass is 670 g/mol. The van der Waals surface area contributed by atoms with Gasteiger partial charge in [-0.05, 0) is 46.4 Å². The van der Waals surface area contributed by atoms with Crippen molar-refractivity contribution in [3.05, 3.63) is 84.4 Å². The fourth-order valence-corrected chi connectivity index (χ4v) is 17.6. The van der Waals surface area contributed by atoms with E-state index in [0.717, 1.165) is 0 Å². The summed E-state index contributed by atoms with van der Waals surface area (Å²) >= 11 is 0. The molecule has 0 unspecified atom stereocenters. The second-order valence-electron chi connectivity index (χ2n) is 13.2. The van der Waals surface area contributed by atoms with E-state index in [0.29, 0.717) is 11.1 Å². The first-order valence-electron chi connectivity index (χ1n) is 16.3. The van der Waals surface area contributed by atoms with Crippen LogP contribution in [0.25, 0.3) is 0 Å². The molecule has 0 N–H and O–H groups in total. The lowest BCUT2D eigenvalue weighted by atomic mass is 9.98. The SMILES string of the molecule is C=CCO[C@H]1O[C@@H]2CO[Si](C(C)C)(C(C)C)O[Si](C(C)C)(C(C)C)O[C@H]2[C@H](OC(=O)c2ccccc2)[C@H]1OC(=O)c1ccccc1. The summed E-state index contributed by atoms with van der Waals surface area (Å²) in [5.74, 6) is -1.20. The fraction of sp³-hybridized carbons (Fsp3) is 0.543. The van der Waals surface area contributed by atoms with Crippen molar-refractivity contribution in [2.75, 3.05) is 13.2 Å². The quantitative estimate of drug-likeness (QED) is 0.138. The van der Waals surface area contributed by atoms with Crippen LogP contribution in [0.15, 0.2) is 73.3 Å². The Bertz CT molecular complexity index is 1290. The summed E-state index contributed by atoms with van der Waals surface area (Å²) in [6, 6.07) is 17.3. The van der Waals surface area contributed by atoms with Gasteiger partial charge >= 0.3 is 29.1 Å². The van der Waals surface area contributed by atoms with E-state index in [9.17, 15) is 9.59 Å². The van der Waals surface area contributed by atoms with Crippen LogP contribution in [0.5, 0.6) is 0 Å². The summed E-state index contributed by atoms with van der Waals surface area (Å²) < 4.78 is 46.7. The highest BCUT2D eigenvalue weighted by atomic mass is 28.5. The number of hydrogen-bond donors (Lipinski definition) is 0. The van der Waals surface area contributed by atoms with Crippen LogP contribution in [-0.4, -0.2) is 73.0 Å². The Labute approximate surface area is 276 Å². The molecule has 252 valence electrons. The molecule has 2 heterocycles. The van der Waals surface area contributed by atoms with E-state index in [2.05, 4.69) is 62.0 Å². The molecule has 2 aliphatic heterocycles. The van der Waals surface area contributed by atoms with Gasteiger partial charge < -0.3 is 31.9 Å². The molecule has 2 saturated heterocycles. The van der Waals surface area contributed by atoms with Crippen molar-refractivity contribution in [1.82, 2.24) is 0 Å². The van der Waals surface area contributed by atoms with Gasteiger partial charge in [0.1, 0.15) is 12.2 Å². The van der Waals surface area contributed by atoms with Gasteiger partial charge in [0.25, 0.3) is 0 Å². The number of esters is 2. The maximum atomic E-state index is 13.7. The van der Waals surface area contributed by atoms with E-state index in [4.69, 9.17) is 31.9 Å². The summed E-state index contributed by atoms with van der Waals surface area (Å²) in [5.41, 5.74) is 0.944. The lowest BCUT2D eigenvalue weighted by molar-refractivity contribution is -0.296. The molecule has 9 nitrogen and oxygen atoms in total. The zero-order valence-corrected chi connectivity index (χ0v) is 30.3.